The van der Waals surface area contributed by atoms with Crippen LogP contribution in [0.5, 0.6) is 11.5 Å². The lowest BCUT2D eigenvalue weighted by Gasteiger charge is -2.24. The maximum absolute atomic E-state index is 13.0. The van der Waals surface area contributed by atoms with Crippen molar-refractivity contribution >= 4 is 81.2 Å². The molecule has 23 heteroatoms. The van der Waals surface area contributed by atoms with Crippen molar-refractivity contribution in [3.63, 3.8) is 0 Å². The highest BCUT2D eigenvalue weighted by molar-refractivity contribution is 7.80. The Bertz CT molecular complexity index is 2050. The Morgan fingerprint density at radius 1 is 0.944 bits per heavy atom. The summed E-state index contributed by atoms with van der Waals surface area (Å²) in [5, 5.41) is 55.8. The molecule has 0 bridgehead atoms. The highest BCUT2D eigenvalue weighted by atomic mass is 32.1. The molecule has 1 aromatic heterocycles. The summed E-state index contributed by atoms with van der Waals surface area (Å²) < 4.78 is 17.5. The monoisotopic (exact) mass is 770 g/mol. The molecular weight excluding hydrogens is 740 g/mol. The number of carbonyl (C=O) groups excluding carboxylic acids is 1. The second-order valence-corrected chi connectivity index (χ2v) is 11.5. The lowest BCUT2D eigenvalue weighted by atomic mass is 10.2. The Hall–Kier alpha value is -7.13. The maximum atomic E-state index is 13.0. The molecule has 0 unspecified atom stereocenters. The molecular formula is C31H30N8O14S. The average Bonchev–Trinajstić information content (AvgIpc) is 3.60. The van der Waals surface area contributed by atoms with Crippen LogP contribution in [0.3, 0.4) is 0 Å². The van der Waals surface area contributed by atoms with Gasteiger partial charge >= 0.3 is 23.9 Å². The summed E-state index contributed by atoms with van der Waals surface area (Å²) in [6.45, 7) is -3.47. The van der Waals surface area contributed by atoms with Gasteiger partial charge in [0.05, 0.1) is 22.4 Å². The number of amides is 1. The maximum Gasteiger partial charge on any atom is 0.323 e. The number of nitro groups is 1. The minimum Gasteiger partial charge on any atom is -0.488 e. The van der Waals surface area contributed by atoms with E-state index >= 15 is 0 Å². The summed E-state index contributed by atoms with van der Waals surface area (Å²) in [5.74, 6) is -6.09. The number of azide groups is 1. The van der Waals surface area contributed by atoms with E-state index < -0.39 is 66.6 Å². The van der Waals surface area contributed by atoms with Gasteiger partial charge in [-0.3, -0.25) is 39.0 Å². The number of nitro benzene ring substituents is 1. The highest BCUT2D eigenvalue weighted by Gasteiger charge is 2.30. The third-order valence-electron chi connectivity index (χ3n) is 7.31. The van der Waals surface area contributed by atoms with Gasteiger partial charge in [0.25, 0.3) is 11.6 Å². The number of hydrogen-bond acceptors (Lipinski definition) is 14. The molecule has 1 aliphatic heterocycles. The summed E-state index contributed by atoms with van der Waals surface area (Å²) >= 11 is 5.25. The molecule has 0 saturated carbocycles. The zero-order chi connectivity index (χ0) is 39.5. The highest BCUT2D eigenvalue weighted by Crippen LogP contribution is 2.36. The number of ether oxygens (including phenoxy) is 2. The van der Waals surface area contributed by atoms with E-state index in [1.165, 1.54) is 29.2 Å². The topological polar surface area (TPSA) is 312 Å². The van der Waals surface area contributed by atoms with Crippen LogP contribution in [0.25, 0.3) is 27.5 Å². The van der Waals surface area contributed by atoms with E-state index in [4.69, 9.17) is 31.6 Å². The van der Waals surface area contributed by atoms with Crippen molar-refractivity contribution in [1.29, 1.82) is 0 Å². The number of carboxylic acid groups (broad SMARTS) is 4. The molecule has 284 valence electrons. The quantitative estimate of drug-likeness (QED) is 0.0152. The zero-order valence-electron chi connectivity index (χ0n) is 27.8. The third-order valence-corrected chi connectivity index (χ3v) is 7.63. The first-order valence-corrected chi connectivity index (χ1v) is 15.9. The van der Waals surface area contributed by atoms with Crippen LogP contribution < -0.4 is 24.6 Å². The Kier molecular flexibility index (Phi) is 13.1. The number of fused-ring (bicyclic) bond motifs is 1. The van der Waals surface area contributed by atoms with Crippen molar-refractivity contribution < 1.29 is 63.2 Å². The van der Waals surface area contributed by atoms with Gasteiger partial charge in [-0.2, -0.15) is 0 Å². The van der Waals surface area contributed by atoms with Crippen LogP contribution in [-0.4, -0.2) is 118 Å². The van der Waals surface area contributed by atoms with Gasteiger partial charge in [-0.05, 0) is 42.4 Å². The van der Waals surface area contributed by atoms with Crippen LogP contribution in [0.2, 0.25) is 0 Å². The van der Waals surface area contributed by atoms with Gasteiger partial charge in [-0.25, -0.2) is 0 Å². The van der Waals surface area contributed by atoms with Crippen molar-refractivity contribution in [2.45, 2.75) is 6.42 Å². The van der Waals surface area contributed by atoms with Crippen LogP contribution in [0, 0.1) is 10.1 Å². The van der Waals surface area contributed by atoms with Crippen LogP contribution in [0.4, 0.5) is 17.1 Å². The first-order valence-electron chi connectivity index (χ1n) is 15.5. The largest absolute Gasteiger partial charge is 0.488 e. The second-order valence-electron chi connectivity index (χ2n) is 11.2. The molecule has 1 amide bonds. The molecule has 0 aliphatic carbocycles. The van der Waals surface area contributed by atoms with E-state index in [1.54, 1.807) is 0 Å². The SMILES string of the molecule is [N-]=[N+]=NCCCN1C(=O)/C(=C/c2cc3cc(OCCOc4cc([N+](=O)[O-])ccc4N(CC(=O)O)CC(=O)O)c(N(CC(=O)O)CC(=O)O)cc3o2)NC1=S. The van der Waals surface area contributed by atoms with Crippen LogP contribution in [0.15, 0.2) is 51.6 Å². The summed E-state index contributed by atoms with van der Waals surface area (Å²) in [7, 11) is 0. The van der Waals surface area contributed by atoms with Crippen molar-refractivity contribution in [3.05, 3.63) is 68.4 Å². The van der Waals surface area contributed by atoms with E-state index in [-0.39, 0.29) is 71.3 Å². The van der Waals surface area contributed by atoms with E-state index in [9.17, 15) is 54.5 Å². The molecule has 3 aromatic rings. The molecule has 54 heavy (non-hydrogen) atoms. The van der Waals surface area contributed by atoms with E-state index in [0.29, 0.717) is 11.8 Å². The van der Waals surface area contributed by atoms with E-state index in [0.717, 1.165) is 28.0 Å². The number of nitrogens with one attached hydrogen (secondary N) is 1. The number of carboxylic acids is 4. The summed E-state index contributed by atoms with van der Waals surface area (Å²) in [5.41, 5.74) is 8.15. The Balaban J connectivity index is 1.64. The van der Waals surface area contributed by atoms with Gasteiger partial charge in [-0.15, -0.1) is 0 Å². The Morgan fingerprint density at radius 3 is 2.07 bits per heavy atom. The number of anilines is 2. The summed E-state index contributed by atoms with van der Waals surface area (Å²) in [6, 6.07) is 7.44. The fraction of sp³-hybridized carbons (Fsp3) is 0.290. The normalized spacial score (nSPS) is 13.0. The summed E-state index contributed by atoms with van der Waals surface area (Å²) in [4.78, 5) is 75.8. The van der Waals surface area contributed by atoms with Gasteiger partial charge in [0.1, 0.15) is 67.9 Å². The number of benzene rings is 2. The van der Waals surface area contributed by atoms with Gasteiger partial charge < -0.3 is 49.4 Å². The zero-order valence-corrected chi connectivity index (χ0v) is 28.6. The fourth-order valence-corrected chi connectivity index (χ4v) is 5.46. The van der Waals surface area contributed by atoms with Gasteiger partial charge in [0, 0.05) is 41.6 Å². The number of rotatable bonds is 21. The van der Waals surface area contributed by atoms with Crippen LogP contribution in [0.1, 0.15) is 12.2 Å². The third kappa shape index (κ3) is 10.5. The second kappa shape index (κ2) is 17.9. The molecule has 2 heterocycles. The smallest absolute Gasteiger partial charge is 0.323 e. The van der Waals surface area contributed by atoms with Gasteiger partial charge in [0.2, 0.25) is 0 Å². The first-order chi connectivity index (χ1) is 25.7. The number of aliphatic carboxylic acids is 4. The van der Waals surface area contributed by atoms with Crippen molar-refractivity contribution in [3.8, 4) is 11.5 Å². The van der Waals surface area contributed by atoms with E-state index in [2.05, 4.69) is 15.3 Å². The molecule has 1 aliphatic rings. The number of furan rings is 1. The van der Waals surface area contributed by atoms with Crippen LogP contribution in [-0.2, 0) is 24.0 Å². The van der Waals surface area contributed by atoms with Crippen molar-refractivity contribution in [1.82, 2.24) is 10.2 Å². The van der Waals surface area contributed by atoms with Crippen LogP contribution >= 0.6 is 12.2 Å². The molecule has 0 spiro atoms. The number of non-ortho nitro benzene ring substituents is 1. The fourth-order valence-electron chi connectivity index (χ4n) is 5.17. The minimum atomic E-state index is -1.38. The minimum absolute atomic E-state index is 0.0200. The van der Waals surface area contributed by atoms with E-state index in [1.807, 2.05) is 0 Å². The average molecular weight is 771 g/mol. The molecule has 2 aromatic carbocycles. The summed E-state index contributed by atoms with van der Waals surface area (Å²) in [6.07, 6.45) is 1.73. The standard InChI is InChI=1S/C31H30N8O14S/c32-35-33-4-1-5-38-30(48)20(34-31(38)54)11-19-8-17-9-24(22(12-23(17)53-19)37(15-28(44)45)16-29(46)47)51-6-7-52-25-10-18(39(49)50)2-3-21(25)36(13-26(40)41)14-27(42)43/h2-3,8-12H,1,4-7,13-16H2,(H,34,54)(H,40,41)(H,42,43)(H,44,45)(H,46,47)/b20-11-. The number of thiocarbonyl (C=S) groups is 1. The molecule has 5 N–H and O–H groups in total. The van der Waals surface area contributed by atoms with Gasteiger partial charge in [0.15, 0.2) is 5.11 Å². The lowest BCUT2D eigenvalue weighted by molar-refractivity contribution is -0.384. The van der Waals surface area contributed by atoms with Crippen molar-refractivity contribution in [2.24, 2.45) is 5.11 Å². The van der Waals surface area contributed by atoms with Crippen molar-refractivity contribution in [2.75, 3.05) is 62.3 Å². The Labute approximate surface area is 308 Å². The number of hydrogen-bond donors (Lipinski definition) is 5. The Morgan fingerprint density at radius 2 is 1.52 bits per heavy atom. The molecule has 22 nitrogen and oxygen atoms in total. The number of carbonyl (C=O) groups is 5. The first kappa shape index (κ1) is 39.7. The molecule has 1 saturated heterocycles. The molecule has 1 fully saturated rings. The predicted molar refractivity (Wildman–Crippen MR) is 189 cm³/mol. The predicted octanol–water partition coefficient (Wildman–Crippen LogP) is 2.51. The molecule has 0 radical (unpaired) electrons. The number of nitrogens with zero attached hydrogens (tertiary/aromatic N) is 7. The molecule has 4 rings (SSSR count). The lowest BCUT2D eigenvalue weighted by Crippen LogP contribution is -2.35. The molecule has 0 atom stereocenters. The van der Waals surface area contributed by atoms with Gasteiger partial charge in [-0.1, -0.05) is 5.11 Å².